The van der Waals surface area contributed by atoms with Gasteiger partial charge < -0.3 is 25.1 Å². The number of nitrogens with one attached hydrogen (secondary N) is 1. The highest BCUT2D eigenvalue weighted by Gasteiger charge is 2.07. The van der Waals surface area contributed by atoms with Crippen molar-refractivity contribution < 1.29 is 9.47 Å². The molecule has 0 saturated carbocycles. The van der Waals surface area contributed by atoms with Crippen molar-refractivity contribution in [3.05, 3.63) is 48.3 Å². The number of hydrogen-bond acceptors (Lipinski definition) is 4. The molecule has 0 bridgehead atoms. The standard InChI is InChI=1S/C18H21N5O2.HI/c1-23-14-7-5-4-6-13(14)22-17(23)11-20-18(19)21-12-8-9-15(24-2)16(10-12)25-3;/h4-10H,11H2,1-3H3,(H3,19,20,21);1H. The largest absolute Gasteiger partial charge is 0.493 e. The quantitative estimate of drug-likeness (QED) is 0.342. The molecule has 0 aliphatic rings. The predicted octanol–water partition coefficient (Wildman–Crippen LogP) is 3.14. The molecule has 0 saturated heterocycles. The van der Waals surface area contributed by atoms with Gasteiger partial charge in [-0.05, 0) is 24.3 Å². The number of aliphatic imine (C=N–C) groups is 1. The lowest BCUT2D eigenvalue weighted by molar-refractivity contribution is 0.355. The number of ether oxygens (including phenoxy) is 2. The first kappa shape index (κ1) is 19.8. The average Bonchev–Trinajstić information content (AvgIpc) is 2.96. The van der Waals surface area contributed by atoms with E-state index in [4.69, 9.17) is 15.2 Å². The number of guanidine groups is 1. The zero-order valence-electron chi connectivity index (χ0n) is 14.9. The van der Waals surface area contributed by atoms with E-state index in [9.17, 15) is 0 Å². The molecular formula is C18H22IN5O2. The summed E-state index contributed by atoms with van der Waals surface area (Å²) in [6, 6.07) is 13.4. The van der Waals surface area contributed by atoms with Gasteiger partial charge in [0.15, 0.2) is 17.5 Å². The highest BCUT2D eigenvalue weighted by atomic mass is 127. The van der Waals surface area contributed by atoms with Crippen LogP contribution in [0.25, 0.3) is 11.0 Å². The van der Waals surface area contributed by atoms with Gasteiger partial charge in [0, 0.05) is 18.8 Å². The molecule has 0 unspecified atom stereocenters. The monoisotopic (exact) mass is 467 g/mol. The van der Waals surface area contributed by atoms with Crippen molar-refractivity contribution in [1.29, 1.82) is 0 Å². The molecule has 0 fully saturated rings. The van der Waals surface area contributed by atoms with Crippen LogP contribution in [-0.2, 0) is 13.6 Å². The molecule has 1 heterocycles. The molecule has 1 aromatic heterocycles. The number of fused-ring (bicyclic) bond motifs is 1. The van der Waals surface area contributed by atoms with Crippen molar-refractivity contribution in [2.45, 2.75) is 6.54 Å². The summed E-state index contributed by atoms with van der Waals surface area (Å²) >= 11 is 0. The molecule has 0 aliphatic heterocycles. The second kappa shape index (κ2) is 8.75. The molecule has 26 heavy (non-hydrogen) atoms. The van der Waals surface area contributed by atoms with Gasteiger partial charge in [-0.15, -0.1) is 24.0 Å². The minimum absolute atomic E-state index is 0. The van der Waals surface area contributed by atoms with E-state index in [1.165, 1.54) is 0 Å². The summed E-state index contributed by atoms with van der Waals surface area (Å²) in [6.45, 7) is 0.386. The minimum Gasteiger partial charge on any atom is -0.493 e. The Morgan fingerprint density at radius 2 is 1.88 bits per heavy atom. The summed E-state index contributed by atoms with van der Waals surface area (Å²) in [6.07, 6.45) is 0. The summed E-state index contributed by atoms with van der Waals surface area (Å²) in [5.74, 6) is 2.43. The molecule has 7 nitrogen and oxygen atoms in total. The van der Waals surface area contributed by atoms with Gasteiger partial charge >= 0.3 is 0 Å². The highest BCUT2D eigenvalue weighted by Crippen LogP contribution is 2.29. The fourth-order valence-electron chi connectivity index (χ4n) is 2.59. The number of nitrogens with zero attached hydrogens (tertiary/aromatic N) is 3. The Bertz CT molecular complexity index is 923. The van der Waals surface area contributed by atoms with Crippen LogP contribution in [-0.4, -0.2) is 29.7 Å². The Morgan fingerprint density at radius 1 is 1.15 bits per heavy atom. The molecule has 0 atom stereocenters. The summed E-state index contributed by atoms with van der Waals surface area (Å²) in [5, 5.41) is 3.05. The average molecular weight is 467 g/mol. The number of rotatable bonds is 5. The first-order valence-electron chi connectivity index (χ1n) is 7.81. The van der Waals surface area contributed by atoms with Gasteiger partial charge in [0.2, 0.25) is 0 Å². The van der Waals surface area contributed by atoms with E-state index >= 15 is 0 Å². The Hall–Kier alpha value is -2.49. The molecule has 0 aliphatic carbocycles. The Morgan fingerprint density at radius 3 is 2.58 bits per heavy atom. The van der Waals surface area contributed by atoms with Crippen molar-refractivity contribution >= 4 is 46.7 Å². The predicted molar refractivity (Wildman–Crippen MR) is 115 cm³/mol. The maximum absolute atomic E-state index is 5.99. The van der Waals surface area contributed by atoms with Gasteiger partial charge in [0.1, 0.15) is 12.4 Å². The zero-order chi connectivity index (χ0) is 17.8. The third kappa shape index (κ3) is 4.18. The van der Waals surface area contributed by atoms with Crippen LogP contribution in [0.15, 0.2) is 47.5 Å². The van der Waals surface area contributed by atoms with Crippen LogP contribution in [0, 0.1) is 0 Å². The van der Waals surface area contributed by atoms with E-state index in [-0.39, 0.29) is 24.0 Å². The normalized spacial score (nSPS) is 11.1. The fraction of sp³-hybridized carbons (Fsp3) is 0.222. The summed E-state index contributed by atoms with van der Waals surface area (Å²) in [7, 11) is 5.15. The van der Waals surface area contributed by atoms with Gasteiger partial charge in [0.05, 0.1) is 25.3 Å². The van der Waals surface area contributed by atoms with Crippen LogP contribution in [0.5, 0.6) is 11.5 Å². The van der Waals surface area contributed by atoms with Crippen molar-refractivity contribution in [3.8, 4) is 11.5 Å². The maximum Gasteiger partial charge on any atom is 0.193 e. The van der Waals surface area contributed by atoms with Gasteiger partial charge in [-0.3, -0.25) is 0 Å². The molecular weight excluding hydrogens is 445 g/mol. The van der Waals surface area contributed by atoms with Crippen LogP contribution < -0.4 is 20.5 Å². The Kier molecular flexibility index (Phi) is 6.67. The number of benzene rings is 2. The molecule has 138 valence electrons. The number of aromatic nitrogens is 2. The van der Waals surface area contributed by atoms with E-state index in [0.29, 0.717) is 24.0 Å². The Labute approximate surface area is 169 Å². The van der Waals surface area contributed by atoms with Crippen LogP contribution in [0.4, 0.5) is 5.69 Å². The fourth-order valence-corrected chi connectivity index (χ4v) is 2.59. The number of nitrogens with two attached hydrogens (primary N) is 1. The lowest BCUT2D eigenvalue weighted by atomic mass is 10.3. The van der Waals surface area contributed by atoms with E-state index in [1.807, 2.05) is 41.9 Å². The third-order valence-electron chi connectivity index (χ3n) is 3.93. The van der Waals surface area contributed by atoms with E-state index < -0.39 is 0 Å². The van der Waals surface area contributed by atoms with Gasteiger partial charge in [-0.1, -0.05) is 12.1 Å². The van der Waals surface area contributed by atoms with E-state index in [0.717, 1.165) is 22.5 Å². The number of methoxy groups -OCH3 is 2. The summed E-state index contributed by atoms with van der Waals surface area (Å²) < 4.78 is 12.5. The SMILES string of the molecule is COc1ccc(NC(N)=NCc2nc3ccccc3n2C)cc1OC.I. The smallest absolute Gasteiger partial charge is 0.193 e. The number of anilines is 1. The van der Waals surface area contributed by atoms with Gasteiger partial charge in [-0.2, -0.15) is 0 Å². The summed E-state index contributed by atoms with van der Waals surface area (Å²) in [4.78, 5) is 8.95. The van der Waals surface area contributed by atoms with E-state index in [2.05, 4.69) is 15.3 Å². The van der Waals surface area contributed by atoms with Gasteiger partial charge in [0.25, 0.3) is 0 Å². The zero-order valence-corrected chi connectivity index (χ0v) is 17.2. The third-order valence-corrected chi connectivity index (χ3v) is 3.93. The second-order valence-electron chi connectivity index (χ2n) is 5.47. The first-order chi connectivity index (χ1) is 12.1. The molecule has 8 heteroatoms. The topological polar surface area (TPSA) is 86.7 Å². The first-order valence-corrected chi connectivity index (χ1v) is 7.81. The molecule has 3 aromatic rings. The van der Waals surface area contributed by atoms with Crippen LogP contribution in [0.2, 0.25) is 0 Å². The molecule has 2 aromatic carbocycles. The van der Waals surface area contributed by atoms with Gasteiger partial charge in [-0.25, -0.2) is 9.98 Å². The van der Waals surface area contributed by atoms with Crippen LogP contribution >= 0.6 is 24.0 Å². The summed E-state index contributed by atoms with van der Waals surface area (Å²) in [5.41, 5.74) is 8.77. The van der Waals surface area contributed by atoms with E-state index in [1.54, 1.807) is 26.4 Å². The molecule has 0 radical (unpaired) electrons. The molecule has 3 rings (SSSR count). The number of aryl methyl sites for hydroxylation is 1. The number of halogens is 1. The number of imidazole rings is 1. The molecule has 0 amide bonds. The van der Waals surface area contributed by atoms with Crippen molar-refractivity contribution in [1.82, 2.24) is 9.55 Å². The lowest BCUT2D eigenvalue weighted by Crippen LogP contribution is -2.22. The molecule has 3 N–H and O–H groups in total. The van der Waals surface area contributed by atoms with Crippen molar-refractivity contribution in [3.63, 3.8) is 0 Å². The Balaban J connectivity index is 0.00000243. The minimum atomic E-state index is 0. The maximum atomic E-state index is 5.99. The number of para-hydroxylation sites is 2. The van der Waals surface area contributed by atoms with Crippen LogP contribution in [0.1, 0.15) is 5.82 Å². The highest BCUT2D eigenvalue weighted by molar-refractivity contribution is 14.0. The lowest BCUT2D eigenvalue weighted by Gasteiger charge is -2.10. The molecule has 0 spiro atoms. The van der Waals surface area contributed by atoms with Crippen molar-refractivity contribution in [2.75, 3.05) is 19.5 Å². The van der Waals surface area contributed by atoms with Crippen LogP contribution in [0.3, 0.4) is 0 Å². The second-order valence-corrected chi connectivity index (χ2v) is 5.47. The van der Waals surface area contributed by atoms with Crippen molar-refractivity contribution in [2.24, 2.45) is 17.8 Å². The number of hydrogen-bond donors (Lipinski definition) is 2.